The van der Waals surface area contributed by atoms with Gasteiger partial charge in [0.25, 0.3) is 0 Å². The normalized spacial score (nSPS) is 10.9. The summed E-state index contributed by atoms with van der Waals surface area (Å²) in [4.78, 5) is 34.3. The molecular formula is C16H15F2N5O3. The molecule has 0 aliphatic heterocycles. The molecule has 26 heavy (non-hydrogen) atoms. The fourth-order valence-electron chi connectivity index (χ4n) is 2.46. The fraction of sp³-hybridized carbons (Fsp3) is 0.250. The van der Waals surface area contributed by atoms with E-state index in [1.165, 1.54) is 10.8 Å². The molecule has 0 saturated carbocycles. The average molecular weight is 363 g/mol. The molecule has 2 heterocycles. The Hall–Kier alpha value is -3.30. The average Bonchev–Trinajstić information content (AvgIpc) is 3.15. The molecule has 2 N–H and O–H groups in total. The van der Waals surface area contributed by atoms with Gasteiger partial charge in [0, 0.05) is 12.1 Å². The number of halogens is 2. The van der Waals surface area contributed by atoms with E-state index in [4.69, 9.17) is 4.74 Å². The summed E-state index contributed by atoms with van der Waals surface area (Å²) in [6, 6.07) is 1.97. The van der Waals surface area contributed by atoms with Crippen molar-refractivity contribution in [3.05, 3.63) is 41.6 Å². The van der Waals surface area contributed by atoms with Gasteiger partial charge in [-0.3, -0.25) is 4.79 Å². The number of benzene rings is 1. The highest BCUT2D eigenvalue weighted by Crippen LogP contribution is 2.20. The van der Waals surface area contributed by atoms with Crippen LogP contribution in [0, 0.1) is 18.6 Å². The van der Waals surface area contributed by atoms with E-state index in [1.807, 2.05) is 0 Å². The first-order chi connectivity index (χ1) is 12.4. The van der Waals surface area contributed by atoms with Crippen LogP contribution in [0.4, 0.5) is 14.6 Å². The lowest BCUT2D eigenvalue weighted by Crippen LogP contribution is -2.19. The van der Waals surface area contributed by atoms with Crippen LogP contribution in [0.5, 0.6) is 0 Å². The van der Waals surface area contributed by atoms with Crippen LogP contribution < -0.4 is 5.32 Å². The van der Waals surface area contributed by atoms with Gasteiger partial charge in [-0.2, -0.15) is 0 Å². The highest BCUT2D eigenvalue weighted by Gasteiger charge is 2.16. The molecular weight excluding hydrogens is 348 g/mol. The molecule has 2 aromatic heterocycles. The van der Waals surface area contributed by atoms with E-state index in [9.17, 15) is 18.4 Å². The van der Waals surface area contributed by atoms with Crippen molar-refractivity contribution in [2.45, 2.75) is 20.4 Å². The molecule has 1 aromatic carbocycles. The number of ether oxygens (including phenoxy) is 1. The van der Waals surface area contributed by atoms with Crippen LogP contribution in [0.2, 0.25) is 0 Å². The molecule has 10 heteroatoms. The maximum atomic E-state index is 13.5. The van der Waals surface area contributed by atoms with Crippen LogP contribution in [-0.4, -0.2) is 38.0 Å². The largest absolute Gasteiger partial charge is 0.460 e. The first-order valence-corrected chi connectivity index (χ1v) is 7.73. The molecule has 0 atom stereocenters. The van der Waals surface area contributed by atoms with Gasteiger partial charge in [-0.25, -0.2) is 23.5 Å². The van der Waals surface area contributed by atoms with Crippen molar-refractivity contribution in [1.29, 1.82) is 0 Å². The number of hydrogen-bond donors (Lipinski definition) is 2. The van der Waals surface area contributed by atoms with Crippen molar-refractivity contribution in [2.24, 2.45) is 0 Å². The van der Waals surface area contributed by atoms with Gasteiger partial charge < -0.3 is 19.6 Å². The first-order valence-electron chi connectivity index (χ1n) is 7.73. The van der Waals surface area contributed by atoms with E-state index in [0.717, 1.165) is 12.1 Å². The standard InChI is InChI=1S/C16H15F2N5O3/c1-3-26-16(25)15-19-6-13(22-15)21-14(24)7-23-8(2)20-11-4-9(17)10(18)5-12(11)23/h4-6H,3,7H2,1-2H3,(H,19,22)(H,21,24). The predicted octanol–water partition coefficient (Wildman–Crippen LogP) is 2.16. The van der Waals surface area contributed by atoms with E-state index >= 15 is 0 Å². The summed E-state index contributed by atoms with van der Waals surface area (Å²) in [5.41, 5.74) is 0.550. The SMILES string of the molecule is CCOC(=O)c1ncc(NC(=O)Cn2c(C)nc3cc(F)c(F)cc32)[nH]1. The molecule has 0 radical (unpaired) electrons. The number of aryl methyl sites for hydroxylation is 1. The Bertz CT molecular complexity index is 995. The lowest BCUT2D eigenvalue weighted by Gasteiger charge is -2.07. The van der Waals surface area contributed by atoms with Crippen LogP contribution >= 0.6 is 0 Å². The van der Waals surface area contributed by atoms with Crippen molar-refractivity contribution >= 4 is 28.7 Å². The van der Waals surface area contributed by atoms with Gasteiger partial charge in [0.2, 0.25) is 11.7 Å². The lowest BCUT2D eigenvalue weighted by molar-refractivity contribution is -0.116. The molecule has 0 aliphatic rings. The number of amides is 1. The van der Waals surface area contributed by atoms with Gasteiger partial charge in [-0.05, 0) is 13.8 Å². The fourth-order valence-corrected chi connectivity index (χ4v) is 2.46. The zero-order valence-corrected chi connectivity index (χ0v) is 14.0. The highest BCUT2D eigenvalue weighted by atomic mass is 19.2. The van der Waals surface area contributed by atoms with Crippen molar-refractivity contribution in [1.82, 2.24) is 19.5 Å². The monoisotopic (exact) mass is 363 g/mol. The minimum absolute atomic E-state index is 0.0380. The second-order valence-electron chi connectivity index (χ2n) is 5.41. The number of aromatic amines is 1. The molecule has 136 valence electrons. The molecule has 0 bridgehead atoms. The number of nitrogens with zero attached hydrogens (tertiary/aromatic N) is 3. The number of hydrogen-bond acceptors (Lipinski definition) is 5. The van der Waals surface area contributed by atoms with Crippen molar-refractivity contribution < 1.29 is 23.1 Å². The third-order valence-electron chi connectivity index (χ3n) is 3.60. The van der Waals surface area contributed by atoms with E-state index < -0.39 is 23.5 Å². The molecule has 0 fully saturated rings. The summed E-state index contributed by atoms with van der Waals surface area (Å²) in [7, 11) is 0. The summed E-state index contributed by atoms with van der Waals surface area (Å²) in [5, 5.41) is 2.53. The van der Waals surface area contributed by atoms with Gasteiger partial charge in [-0.1, -0.05) is 0 Å². The maximum Gasteiger partial charge on any atom is 0.374 e. The topological polar surface area (TPSA) is 102 Å². The number of carbonyl (C=O) groups is 2. The van der Waals surface area contributed by atoms with E-state index in [1.54, 1.807) is 13.8 Å². The zero-order chi connectivity index (χ0) is 18.8. The van der Waals surface area contributed by atoms with Crippen LogP contribution in [0.3, 0.4) is 0 Å². The van der Waals surface area contributed by atoms with Crippen molar-refractivity contribution in [3.8, 4) is 0 Å². The Labute approximate surface area is 146 Å². The van der Waals surface area contributed by atoms with Crippen LogP contribution in [0.25, 0.3) is 11.0 Å². The van der Waals surface area contributed by atoms with Gasteiger partial charge in [0.1, 0.15) is 18.2 Å². The van der Waals surface area contributed by atoms with Crippen molar-refractivity contribution in [2.75, 3.05) is 11.9 Å². The van der Waals surface area contributed by atoms with Crippen molar-refractivity contribution in [3.63, 3.8) is 0 Å². The van der Waals surface area contributed by atoms with Crippen LogP contribution in [-0.2, 0) is 16.1 Å². The summed E-state index contributed by atoms with van der Waals surface area (Å²) < 4.78 is 33.0. The number of fused-ring (bicyclic) bond motifs is 1. The molecule has 1 amide bonds. The highest BCUT2D eigenvalue weighted by molar-refractivity contribution is 5.92. The summed E-state index contributed by atoms with van der Waals surface area (Å²) in [6.07, 6.45) is 1.28. The Morgan fingerprint density at radius 1 is 1.31 bits per heavy atom. The van der Waals surface area contributed by atoms with E-state index in [-0.39, 0.29) is 30.3 Å². The van der Waals surface area contributed by atoms with E-state index in [0.29, 0.717) is 11.3 Å². The molecule has 0 aliphatic carbocycles. The predicted molar refractivity (Wildman–Crippen MR) is 87.6 cm³/mol. The number of rotatable bonds is 5. The molecule has 0 spiro atoms. The van der Waals surface area contributed by atoms with Gasteiger partial charge >= 0.3 is 5.97 Å². The number of anilines is 1. The lowest BCUT2D eigenvalue weighted by atomic mass is 10.3. The Morgan fingerprint density at radius 3 is 2.77 bits per heavy atom. The van der Waals surface area contributed by atoms with E-state index in [2.05, 4.69) is 20.3 Å². The molecule has 0 saturated heterocycles. The van der Waals surface area contributed by atoms with Crippen LogP contribution in [0.1, 0.15) is 23.4 Å². The smallest absolute Gasteiger partial charge is 0.374 e. The number of imidazole rings is 2. The third kappa shape index (κ3) is 3.39. The second kappa shape index (κ2) is 6.90. The number of aromatic nitrogens is 4. The first kappa shape index (κ1) is 17.5. The summed E-state index contributed by atoms with van der Waals surface area (Å²) in [5.74, 6) is -2.53. The molecule has 8 nitrogen and oxygen atoms in total. The summed E-state index contributed by atoms with van der Waals surface area (Å²) >= 11 is 0. The van der Waals surface area contributed by atoms with Gasteiger partial charge in [0.15, 0.2) is 11.6 Å². The Kier molecular flexibility index (Phi) is 4.65. The zero-order valence-electron chi connectivity index (χ0n) is 14.0. The molecule has 3 aromatic rings. The molecule has 3 rings (SSSR count). The third-order valence-corrected chi connectivity index (χ3v) is 3.60. The number of H-pyrrole nitrogens is 1. The maximum absolute atomic E-state index is 13.5. The van der Waals surface area contributed by atoms with Gasteiger partial charge in [-0.15, -0.1) is 0 Å². The Morgan fingerprint density at radius 2 is 2.04 bits per heavy atom. The second-order valence-corrected chi connectivity index (χ2v) is 5.41. The minimum Gasteiger partial charge on any atom is -0.460 e. The molecule has 0 unspecified atom stereocenters. The minimum atomic E-state index is -1.02. The number of esters is 1. The quantitative estimate of drug-likeness (QED) is 0.677. The number of carbonyl (C=O) groups excluding carboxylic acids is 2. The Balaban J connectivity index is 1.76. The van der Waals surface area contributed by atoms with Gasteiger partial charge in [0.05, 0.1) is 23.8 Å². The summed E-state index contributed by atoms with van der Waals surface area (Å²) in [6.45, 7) is 3.31. The number of nitrogens with one attached hydrogen (secondary N) is 2. The van der Waals surface area contributed by atoms with Crippen LogP contribution in [0.15, 0.2) is 18.3 Å².